The number of benzene rings is 1. The Kier molecular flexibility index (Phi) is 5.16. The highest BCUT2D eigenvalue weighted by Gasteiger charge is 2.28. The van der Waals surface area contributed by atoms with Crippen LogP contribution in [0, 0.1) is 5.92 Å². The van der Waals surface area contributed by atoms with Crippen molar-refractivity contribution in [3.8, 4) is 0 Å². The molecule has 1 aliphatic rings. The first-order chi connectivity index (χ1) is 13.2. The van der Waals surface area contributed by atoms with E-state index in [0.29, 0.717) is 31.7 Å². The van der Waals surface area contributed by atoms with E-state index in [0.717, 1.165) is 23.9 Å². The Bertz CT molecular complexity index is 901. The van der Waals surface area contributed by atoms with E-state index in [-0.39, 0.29) is 11.8 Å². The minimum absolute atomic E-state index is 0.154. The summed E-state index contributed by atoms with van der Waals surface area (Å²) in [5.74, 6) is 0.320. The Morgan fingerprint density at radius 3 is 2.67 bits per heavy atom. The number of aliphatic hydroxyl groups excluding tert-OH is 1. The molecule has 2 aromatic heterocycles. The fourth-order valence-corrected chi connectivity index (χ4v) is 3.82. The Labute approximate surface area is 158 Å². The van der Waals surface area contributed by atoms with Crippen LogP contribution in [0.15, 0.2) is 55.0 Å². The summed E-state index contributed by atoms with van der Waals surface area (Å²) >= 11 is 0. The van der Waals surface area contributed by atoms with Crippen LogP contribution in [-0.2, 0) is 11.3 Å². The molecule has 0 spiro atoms. The van der Waals surface area contributed by atoms with Gasteiger partial charge in [-0.2, -0.15) is 0 Å². The number of amides is 1. The average molecular weight is 364 g/mol. The number of rotatable bonds is 5. The van der Waals surface area contributed by atoms with Crippen LogP contribution < -0.4 is 0 Å². The fraction of sp³-hybridized carbons (Fsp3) is 0.381. The molecule has 1 saturated heterocycles. The zero-order valence-corrected chi connectivity index (χ0v) is 15.2. The van der Waals surface area contributed by atoms with E-state index in [9.17, 15) is 9.90 Å². The minimum atomic E-state index is -0.555. The van der Waals surface area contributed by atoms with Crippen molar-refractivity contribution in [2.24, 2.45) is 5.92 Å². The monoisotopic (exact) mass is 364 g/mol. The van der Waals surface area contributed by atoms with Crippen LogP contribution >= 0.6 is 0 Å². The Morgan fingerprint density at radius 1 is 1.11 bits per heavy atom. The number of carbonyl (C=O) groups excluding carboxylic acids is 1. The first kappa shape index (κ1) is 17.7. The Balaban J connectivity index is 1.30. The van der Waals surface area contributed by atoms with E-state index < -0.39 is 6.10 Å². The number of imidazole rings is 1. The highest BCUT2D eigenvalue weighted by atomic mass is 16.3. The first-order valence-electron chi connectivity index (χ1n) is 9.49. The van der Waals surface area contributed by atoms with Gasteiger partial charge < -0.3 is 14.6 Å². The van der Waals surface area contributed by atoms with Gasteiger partial charge >= 0.3 is 0 Å². The molecule has 27 heavy (non-hydrogen) atoms. The summed E-state index contributed by atoms with van der Waals surface area (Å²) in [4.78, 5) is 23.1. The number of piperidine rings is 1. The van der Waals surface area contributed by atoms with Crippen molar-refractivity contribution < 1.29 is 9.90 Å². The van der Waals surface area contributed by atoms with Crippen LogP contribution in [0.25, 0.3) is 11.0 Å². The lowest BCUT2D eigenvalue weighted by Gasteiger charge is -2.34. The van der Waals surface area contributed by atoms with Gasteiger partial charge in [-0.1, -0.05) is 18.2 Å². The molecule has 1 amide bonds. The van der Waals surface area contributed by atoms with Crippen LogP contribution in [-0.4, -0.2) is 43.5 Å². The van der Waals surface area contributed by atoms with Gasteiger partial charge in [0.05, 0.1) is 29.2 Å². The molecule has 1 atom stereocenters. The van der Waals surface area contributed by atoms with Crippen molar-refractivity contribution >= 4 is 16.9 Å². The number of aromatic nitrogens is 3. The Hall–Kier alpha value is -2.73. The molecule has 1 N–H and O–H groups in total. The van der Waals surface area contributed by atoms with Crippen molar-refractivity contribution in [2.45, 2.75) is 31.9 Å². The molecule has 6 heteroatoms. The van der Waals surface area contributed by atoms with Crippen molar-refractivity contribution in [3.05, 3.63) is 60.7 Å². The topological polar surface area (TPSA) is 71.2 Å². The van der Waals surface area contributed by atoms with Gasteiger partial charge in [0.15, 0.2) is 0 Å². The molecule has 4 rings (SSSR count). The highest BCUT2D eigenvalue weighted by molar-refractivity contribution is 5.77. The Morgan fingerprint density at radius 2 is 1.89 bits per heavy atom. The van der Waals surface area contributed by atoms with E-state index in [4.69, 9.17) is 0 Å². The maximum Gasteiger partial charge on any atom is 0.224 e. The standard InChI is InChI=1S/C21H24N4O2/c26-20(10-14-25-15-23-17-5-1-2-7-19(17)25)24-12-8-16(9-13-24)21(27)18-6-3-4-11-22-18/h1-7,11,15-16,21,27H,8-10,12-14H2. The van der Waals surface area contributed by atoms with Crippen LogP contribution in [0.2, 0.25) is 0 Å². The first-order valence-corrected chi connectivity index (χ1v) is 9.49. The normalized spacial score (nSPS) is 16.6. The molecular weight excluding hydrogens is 340 g/mol. The second-order valence-electron chi connectivity index (χ2n) is 7.09. The van der Waals surface area contributed by atoms with Gasteiger partial charge in [0.2, 0.25) is 5.91 Å². The lowest BCUT2D eigenvalue weighted by Crippen LogP contribution is -2.40. The SMILES string of the molecule is O=C(CCn1cnc2ccccc21)N1CCC(C(O)c2ccccn2)CC1. The molecule has 0 aliphatic carbocycles. The number of hydrogen-bond donors (Lipinski definition) is 1. The second kappa shape index (κ2) is 7.88. The van der Waals surface area contributed by atoms with Crippen LogP contribution in [0.4, 0.5) is 0 Å². The van der Waals surface area contributed by atoms with E-state index in [1.54, 1.807) is 12.5 Å². The van der Waals surface area contributed by atoms with Gasteiger partial charge in [-0.15, -0.1) is 0 Å². The summed E-state index contributed by atoms with van der Waals surface area (Å²) in [6, 6.07) is 13.6. The van der Waals surface area contributed by atoms with Gasteiger partial charge in [0.1, 0.15) is 0 Å². The zero-order chi connectivity index (χ0) is 18.6. The second-order valence-corrected chi connectivity index (χ2v) is 7.09. The number of para-hydroxylation sites is 2. The summed E-state index contributed by atoms with van der Waals surface area (Å²) in [7, 11) is 0. The molecule has 0 radical (unpaired) electrons. The average Bonchev–Trinajstić information content (AvgIpc) is 3.15. The minimum Gasteiger partial charge on any atom is -0.387 e. The molecule has 1 fully saturated rings. The number of aliphatic hydroxyl groups is 1. The molecule has 1 unspecified atom stereocenters. The quantitative estimate of drug-likeness (QED) is 0.756. The van der Waals surface area contributed by atoms with Gasteiger partial charge in [-0.25, -0.2) is 4.98 Å². The summed E-state index contributed by atoms with van der Waals surface area (Å²) in [5.41, 5.74) is 2.73. The van der Waals surface area contributed by atoms with Crippen LogP contribution in [0.5, 0.6) is 0 Å². The van der Waals surface area contributed by atoms with Crippen molar-refractivity contribution in [2.75, 3.05) is 13.1 Å². The zero-order valence-electron chi connectivity index (χ0n) is 15.2. The van der Waals surface area contributed by atoms with Crippen molar-refractivity contribution in [3.63, 3.8) is 0 Å². The number of pyridine rings is 1. The smallest absolute Gasteiger partial charge is 0.224 e. The molecule has 3 heterocycles. The molecule has 1 aliphatic heterocycles. The fourth-order valence-electron chi connectivity index (χ4n) is 3.82. The third-order valence-electron chi connectivity index (χ3n) is 5.42. The lowest BCUT2D eigenvalue weighted by atomic mass is 9.89. The third kappa shape index (κ3) is 3.85. The van der Waals surface area contributed by atoms with Gasteiger partial charge in [0, 0.05) is 32.3 Å². The molecule has 3 aromatic rings. The van der Waals surface area contributed by atoms with Crippen molar-refractivity contribution in [1.82, 2.24) is 19.4 Å². The largest absolute Gasteiger partial charge is 0.387 e. The predicted octanol–water partition coefficient (Wildman–Crippen LogP) is 2.79. The third-order valence-corrected chi connectivity index (χ3v) is 5.42. The van der Waals surface area contributed by atoms with Gasteiger partial charge in [-0.05, 0) is 43.0 Å². The summed E-state index contributed by atoms with van der Waals surface area (Å²) < 4.78 is 2.03. The number of hydrogen-bond acceptors (Lipinski definition) is 4. The van der Waals surface area contributed by atoms with E-state index >= 15 is 0 Å². The molecule has 0 saturated carbocycles. The van der Waals surface area contributed by atoms with E-state index in [1.165, 1.54) is 0 Å². The maximum atomic E-state index is 12.6. The van der Waals surface area contributed by atoms with E-state index in [2.05, 4.69) is 9.97 Å². The summed E-state index contributed by atoms with van der Waals surface area (Å²) in [6.07, 6.45) is 5.02. The maximum absolute atomic E-state index is 12.6. The number of likely N-dealkylation sites (tertiary alicyclic amines) is 1. The number of fused-ring (bicyclic) bond motifs is 1. The van der Waals surface area contributed by atoms with Crippen LogP contribution in [0.1, 0.15) is 31.1 Å². The highest BCUT2D eigenvalue weighted by Crippen LogP contribution is 2.29. The number of nitrogens with zero attached hydrogens (tertiary/aromatic N) is 4. The molecule has 0 bridgehead atoms. The lowest BCUT2D eigenvalue weighted by molar-refractivity contribution is -0.133. The van der Waals surface area contributed by atoms with E-state index in [1.807, 2.05) is 51.9 Å². The van der Waals surface area contributed by atoms with Crippen LogP contribution in [0.3, 0.4) is 0 Å². The molecular formula is C21H24N4O2. The molecule has 1 aromatic carbocycles. The summed E-state index contributed by atoms with van der Waals surface area (Å²) in [6.45, 7) is 2.02. The summed E-state index contributed by atoms with van der Waals surface area (Å²) in [5, 5.41) is 10.5. The van der Waals surface area contributed by atoms with Gasteiger partial charge in [-0.3, -0.25) is 9.78 Å². The molecule has 6 nitrogen and oxygen atoms in total. The van der Waals surface area contributed by atoms with Gasteiger partial charge in [0.25, 0.3) is 0 Å². The number of aryl methyl sites for hydroxylation is 1. The van der Waals surface area contributed by atoms with Crippen molar-refractivity contribution in [1.29, 1.82) is 0 Å². The molecule has 140 valence electrons. The predicted molar refractivity (Wildman–Crippen MR) is 103 cm³/mol. The number of carbonyl (C=O) groups is 1.